The number of rotatable bonds is 2. The molecule has 0 unspecified atom stereocenters. The first kappa shape index (κ1) is 35.2. The van der Waals surface area contributed by atoms with Crippen LogP contribution in [0.1, 0.15) is 80.7 Å². The number of hydrogen-bond acceptors (Lipinski definition) is 7. The number of amides is 3. The average Bonchev–Trinajstić information content (AvgIpc) is 2.83. The minimum absolute atomic E-state index is 0.286. The highest BCUT2D eigenvalue weighted by Crippen LogP contribution is 2.16. The fourth-order valence-electron chi connectivity index (χ4n) is 4.42. The van der Waals surface area contributed by atoms with Crippen molar-refractivity contribution >= 4 is 18.3 Å². The van der Waals surface area contributed by atoms with Crippen LogP contribution in [0.2, 0.25) is 0 Å². The molecule has 0 spiro atoms. The van der Waals surface area contributed by atoms with Gasteiger partial charge in [0.05, 0.1) is 0 Å². The molecule has 0 radical (unpaired) electrons. The maximum Gasteiger partial charge on any atom is 0.410 e. The zero-order valence-corrected chi connectivity index (χ0v) is 27.4. The summed E-state index contributed by atoms with van der Waals surface area (Å²) in [5.41, 5.74) is -0.732. The van der Waals surface area contributed by atoms with Crippen LogP contribution in [0.3, 0.4) is 0 Å². The molecule has 1 aliphatic heterocycles. The molecule has 1 saturated heterocycles. The van der Waals surface area contributed by atoms with Crippen LogP contribution in [0.15, 0.2) is 30.3 Å². The van der Waals surface area contributed by atoms with E-state index in [4.69, 9.17) is 14.2 Å². The number of carbonyl (C=O) groups is 3. The van der Waals surface area contributed by atoms with Gasteiger partial charge in [0.15, 0.2) is 0 Å². The van der Waals surface area contributed by atoms with E-state index >= 15 is 0 Å². The van der Waals surface area contributed by atoms with Crippen molar-refractivity contribution in [2.24, 2.45) is 0 Å². The summed E-state index contributed by atoms with van der Waals surface area (Å²) in [7, 11) is 0. The highest BCUT2D eigenvalue weighted by atomic mass is 16.6. The monoisotopic (exact) mass is 590 g/mol. The van der Waals surface area contributed by atoms with E-state index in [0.717, 1.165) is 6.54 Å². The molecular weight excluding hydrogens is 536 g/mol. The summed E-state index contributed by atoms with van der Waals surface area (Å²) >= 11 is 0. The van der Waals surface area contributed by atoms with Gasteiger partial charge in [-0.15, -0.1) is 0 Å². The van der Waals surface area contributed by atoms with Crippen molar-refractivity contribution in [3.8, 4) is 0 Å². The van der Waals surface area contributed by atoms with Crippen LogP contribution in [0, 0.1) is 0 Å². The lowest BCUT2D eigenvalue weighted by atomic mass is 10.2. The number of carbonyl (C=O) groups excluding carboxylic acids is 3. The zero-order valence-electron chi connectivity index (χ0n) is 27.4. The molecule has 1 aromatic carbocycles. The predicted octanol–water partition coefficient (Wildman–Crippen LogP) is 5.99. The second kappa shape index (κ2) is 15.5. The Morgan fingerprint density at radius 1 is 0.548 bits per heavy atom. The second-order valence-electron chi connectivity index (χ2n) is 13.9. The molecule has 1 heterocycles. The number of nitrogens with zero attached hydrogens (tertiary/aromatic N) is 4. The third-order valence-corrected chi connectivity index (χ3v) is 6.29. The first-order valence-electron chi connectivity index (χ1n) is 15.1. The summed E-state index contributed by atoms with van der Waals surface area (Å²) in [5, 5.41) is 0. The Labute approximate surface area is 253 Å². The second-order valence-corrected chi connectivity index (χ2v) is 13.9. The molecule has 0 N–H and O–H groups in total. The van der Waals surface area contributed by atoms with E-state index in [-0.39, 0.29) is 12.6 Å². The van der Waals surface area contributed by atoms with Gasteiger partial charge >= 0.3 is 18.3 Å². The van der Waals surface area contributed by atoms with E-state index in [2.05, 4.69) is 17.0 Å². The number of ether oxygens (including phenoxy) is 3. The van der Waals surface area contributed by atoms with Crippen LogP contribution in [-0.4, -0.2) is 107 Å². The molecule has 1 fully saturated rings. The summed E-state index contributed by atoms with van der Waals surface area (Å²) in [6.45, 7) is 21.0. The summed E-state index contributed by atoms with van der Waals surface area (Å²) in [5.74, 6) is 0. The molecule has 0 aromatic heterocycles. The highest BCUT2D eigenvalue weighted by molar-refractivity contribution is 5.70. The molecule has 3 amide bonds. The Morgan fingerprint density at radius 2 is 0.905 bits per heavy atom. The van der Waals surface area contributed by atoms with Gasteiger partial charge in [-0.3, -0.25) is 4.90 Å². The smallest absolute Gasteiger partial charge is 0.410 e. The molecule has 0 bridgehead atoms. The first-order valence-corrected chi connectivity index (χ1v) is 15.1. The van der Waals surface area contributed by atoms with E-state index in [1.807, 2.05) is 80.5 Å². The van der Waals surface area contributed by atoms with Crippen LogP contribution in [0.4, 0.5) is 14.4 Å². The Bertz CT molecular complexity index is 997. The Hall–Kier alpha value is -3.01. The Balaban J connectivity index is 2.31. The molecule has 0 saturated carbocycles. The fourth-order valence-corrected chi connectivity index (χ4v) is 4.42. The maximum absolute atomic E-state index is 13.2. The zero-order chi connectivity index (χ0) is 31.6. The number of hydrogen-bond donors (Lipinski definition) is 0. The highest BCUT2D eigenvalue weighted by Gasteiger charge is 2.28. The third kappa shape index (κ3) is 14.2. The summed E-state index contributed by atoms with van der Waals surface area (Å²) in [6.07, 6.45) is 0.0179. The minimum atomic E-state index is -0.661. The average molecular weight is 591 g/mol. The molecule has 10 nitrogen and oxygen atoms in total. The SMILES string of the molecule is CC(C)(C)OC(=O)N1CCCN(C(=O)OC(C)(C)C)CCN(C(=O)OC(C)(C)C)CCCN(Cc2ccccc2)CC1. The van der Waals surface area contributed by atoms with Crippen molar-refractivity contribution in [2.75, 3.05) is 52.4 Å². The largest absolute Gasteiger partial charge is 0.444 e. The predicted molar refractivity (Wildman–Crippen MR) is 164 cm³/mol. The Kier molecular flexibility index (Phi) is 13.0. The maximum atomic E-state index is 13.2. The van der Waals surface area contributed by atoms with Crippen LogP contribution in [0.25, 0.3) is 0 Å². The normalized spacial score (nSPS) is 17.3. The van der Waals surface area contributed by atoms with Crippen LogP contribution in [0.5, 0.6) is 0 Å². The topological polar surface area (TPSA) is 91.9 Å². The summed E-state index contributed by atoms with van der Waals surface area (Å²) in [4.78, 5) is 46.8. The summed E-state index contributed by atoms with van der Waals surface area (Å²) in [6, 6.07) is 10.2. The van der Waals surface area contributed by atoms with Crippen molar-refractivity contribution in [2.45, 2.75) is 98.5 Å². The van der Waals surface area contributed by atoms with Gasteiger partial charge in [-0.2, -0.15) is 0 Å². The van der Waals surface area contributed by atoms with Crippen molar-refractivity contribution in [1.29, 1.82) is 0 Å². The number of benzene rings is 1. The minimum Gasteiger partial charge on any atom is -0.444 e. The van der Waals surface area contributed by atoms with E-state index < -0.39 is 29.0 Å². The van der Waals surface area contributed by atoms with Gasteiger partial charge in [0.1, 0.15) is 16.8 Å². The molecule has 10 heteroatoms. The van der Waals surface area contributed by atoms with Crippen molar-refractivity contribution in [1.82, 2.24) is 19.6 Å². The standard InChI is InChI=1S/C32H54N4O6/c1-30(2,3)40-27(37)34-19-14-20-36(29(39)42-32(7,8)9)24-23-35(28(38)41-31(4,5)6)18-13-17-33(21-22-34)25-26-15-11-10-12-16-26/h10-12,15-16H,13-14,17-25H2,1-9H3. The third-order valence-electron chi connectivity index (χ3n) is 6.29. The molecule has 2 rings (SSSR count). The van der Waals surface area contributed by atoms with E-state index in [0.29, 0.717) is 58.7 Å². The van der Waals surface area contributed by atoms with Gasteiger partial charge in [-0.1, -0.05) is 30.3 Å². The van der Waals surface area contributed by atoms with E-state index in [9.17, 15) is 14.4 Å². The van der Waals surface area contributed by atoms with Gasteiger partial charge in [-0.25, -0.2) is 14.4 Å². The van der Waals surface area contributed by atoms with Gasteiger partial charge in [0.2, 0.25) is 0 Å². The van der Waals surface area contributed by atoms with Crippen molar-refractivity contribution in [3.05, 3.63) is 35.9 Å². The van der Waals surface area contributed by atoms with Gasteiger partial charge in [0.25, 0.3) is 0 Å². The fraction of sp³-hybridized carbons (Fsp3) is 0.719. The molecule has 238 valence electrons. The van der Waals surface area contributed by atoms with Gasteiger partial charge in [0, 0.05) is 58.9 Å². The van der Waals surface area contributed by atoms with Crippen molar-refractivity contribution in [3.63, 3.8) is 0 Å². The van der Waals surface area contributed by atoms with Crippen LogP contribution in [-0.2, 0) is 20.8 Å². The Morgan fingerprint density at radius 3 is 1.29 bits per heavy atom. The van der Waals surface area contributed by atoms with Crippen LogP contribution >= 0.6 is 0 Å². The van der Waals surface area contributed by atoms with Gasteiger partial charge in [-0.05, 0) is 80.7 Å². The molecule has 42 heavy (non-hydrogen) atoms. The lowest BCUT2D eigenvalue weighted by Gasteiger charge is -2.34. The first-order chi connectivity index (χ1) is 19.4. The molecular formula is C32H54N4O6. The van der Waals surface area contributed by atoms with Crippen LogP contribution < -0.4 is 0 Å². The van der Waals surface area contributed by atoms with E-state index in [1.54, 1.807) is 14.7 Å². The molecule has 1 aliphatic rings. The van der Waals surface area contributed by atoms with Crippen molar-refractivity contribution < 1.29 is 28.6 Å². The lowest BCUT2D eigenvalue weighted by molar-refractivity contribution is 0.0101. The lowest BCUT2D eigenvalue weighted by Crippen LogP contribution is -2.47. The van der Waals surface area contributed by atoms with Gasteiger partial charge < -0.3 is 28.9 Å². The van der Waals surface area contributed by atoms with E-state index in [1.165, 1.54) is 5.56 Å². The quantitative estimate of drug-likeness (QED) is 0.391. The summed E-state index contributed by atoms with van der Waals surface area (Å²) < 4.78 is 17.1. The molecule has 0 aliphatic carbocycles. The molecule has 1 aromatic rings. The molecule has 0 atom stereocenters.